The highest BCUT2D eigenvalue weighted by atomic mass is 32.3. The number of sulfone groups is 2. The highest BCUT2D eigenvalue weighted by Gasteiger charge is 2.50. The Labute approximate surface area is 334 Å². The summed E-state index contributed by atoms with van der Waals surface area (Å²) in [5.74, 6) is -0.195. The van der Waals surface area contributed by atoms with Gasteiger partial charge in [0, 0.05) is 16.9 Å². The van der Waals surface area contributed by atoms with Crippen LogP contribution in [0.15, 0.2) is 87.5 Å². The van der Waals surface area contributed by atoms with Gasteiger partial charge in [-0.2, -0.15) is 0 Å². The Bertz CT molecular complexity index is 1890. The monoisotopic (exact) mass is 832 g/mol. The number of aryl methyl sites for hydroxylation is 3. The van der Waals surface area contributed by atoms with Gasteiger partial charge in [0.25, 0.3) is 19.7 Å². The standard InChI is InChI=1S/C21H21S.C13H22N2O4S2.C8H18O3S/c1-16-14-17(2)21(18(3)15-16)22(19-10-6-4-7-11-19)20-12-8-5-9-13-20;14-15-13(20(16,17)11-7-3-1-4-8-11)21(18,19)12-9-5-2-6-10-12;1-2-3-4-5-6-7-8-12(9,10)11/h4-15H,1-3H3;11-12H,1-10H2;2-8H2,1H3,(H,9,10,11)/q+1;;/p-1. The van der Waals surface area contributed by atoms with Gasteiger partial charge in [-0.1, -0.05) is 132 Å². The molecule has 0 amide bonds. The molecule has 0 unspecified atom stereocenters. The summed E-state index contributed by atoms with van der Waals surface area (Å²) < 4.78 is 79.6. The first-order chi connectivity index (χ1) is 26.1. The van der Waals surface area contributed by atoms with E-state index in [1.54, 1.807) is 0 Å². The van der Waals surface area contributed by atoms with Crippen LogP contribution in [0.5, 0.6) is 0 Å². The molecular formula is C42H60N2O7S4. The zero-order valence-corrected chi connectivity index (χ0v) is 36.3. The van der Waals surface area contributed by atoms with E-state index < -0.39 is 44.7 Å². The van der Waals surface area contributed by atoms with Gasteiger partial charge in [0.05, 0.1) is 31.5 Å². The Morgan fingerprint density at radius 2 is 1.05 bits per heavy atom. The molecule has 2 aliphatic carbocycles. The highest BCUT2D eigenvalue weighted by molar-refractivity contribution is 8.31. The summed E-state index contributed by atoms with van der Waals surface area (Å²) >= 11 is 0. The Hall–Kier alpha value is -2.80. The van der Waals surface area contributed by atoms with Crippen LogP contribution in [-0.4, -0.2) is 55.2 Å². The maximum absolute atomic E-state index is 12.5. The highest BCUT2D eigenvalue weighted by Crippen LogP contribution is 2.35. The van der Waals surface area contributed by atoms with E-state index in [1.807, 2.05) is 0 Å². The quantitative estimate of drug-likeness (QED) is 0.0334. The predicted molar refractivity (Wildman–Crippen MR) is 224 cm³/mol. The lowest BCUT2D eigenvalue weighted by Gasteiger charge is -2.22. The Balaban J connectivity index is 0.000000232. The van der Waals surface area contributed by atoms with Crippen LogP contribution < -0.4 is 0 Å². The van der Waals surface area contributed by atoms with Crippen molar-refractivity contribution in [3.63, 3.8) is 0 Å². The Morgan fingerprint density at radius 1 is 0.655 bits per heavy atom. The van der Waals surface area contributed by atoms with E-state index in [0.29, 0.717) is 32.1 Å². The van der Waals surface area contributed by atoms with E-state index in [1.165, 1.54) is 44.2 Å². The van der Waals surface area contributed by atoms with E-state index in [0.717, 1.165) is 57.8 Å². The molecule has 13 heteroatoms. The van der Waals surface area contributed by atoms with Crippen molar-refractivity contribution in [1.29, 1.82) is 0 Å². The lowest BCUT2D eigenvalue weighted by molar-refractivity contribution is 0.00359. The fraction of sp³-hybridized carbons (Fsp3) is 0.548. The summed E-state index contributed by atoms with van der Waals surface area (Å²) in [6.07, 6.45) is 12.8. The van der Waals surface area contributed by atoms with Gasteiger partial charge in [-0.3, -0.25) is 0 Å². The molecule has 0 radical (unpaired) electrons. The number of unbranched alkanes of at least 4 members (excludes halogenated alkanes) is 5. The summed E-state index contributed by atoms with van der Waals surface area (Å²) in [7, 11) is -12.2. The number of nitrogens with zero attached hydrogens (tertiary/aromatic N) is 2. The van der Waals surface area contributed by atoms with Crippen molar-refractivity contribution in [1.82, 2.24) is 0 Å². The largest absolute Gasteiger partial charge is 0.748 e. The molecule has 2 fully saturated rings. The molecule has 5 rings (SSSR count). The number of hydrogen-bond acceptors (Lipinski definition) is 7. The fourth-order valence-corrected chi connectivity index (χ4v) is 15.1. The van der Waals surface area contributed by atoms with Crippen LogP contribution in [0.3, 0.4) is 0 Å². The summed E-state index contributed by atoms with van der Waals surface area (Å²) in [4.78, 5) is 6.94. The maximum atomic E-state index is 12.5. The lowest BCUT2D eigenvalue weighted by Crippen LogP contribution is -2.40. The smallest absolute Gasteiger partial charge is 0.495 e. The third-order valence-electron chi connectivity index (χ3n) is 10.1. The van der Waals surface area contributed by atoms with Gasteiger partial charge in [-0.25, -0.2) is 25.3 Å². The van der Waals surface area contributed by atoms with Crippen LogP contribution in [0.4, 0.5) is 0 Å². The molecule has 2 aliphatic rings. The topological polar surface area (TPSA) is 162 Å². The minimum absolute atomic E-state index is 0.0460. The van der Waals surface area contributed by atoms with Crippen molar-refractivity contribution in [2.24, 2.45) is 0 Å². The molecule has 0 aromatic heterocycles. The maximum Gasteiger partial charge on any atom is 0.495 e. The minimum atomic E-state index is -4.07. The molecule has 0 spiro atoms. The molecule has 9 nitrogen and oxygen atoms in total. The molecule has 3 aromatic rings. The fourth-order valence-electron chi connectivity index (χ4n) is 7.34. The van der Waals surface area contributed by atoms with Crippen LogP contribution in [0.25, 0.3) is 5.53 Å². The summed E-state index contributed by atoms with van der Waals surface area (Å²) in [6.45, 7) is 8.78. The molecule has 0 atom stereocenters. The molecule has 0 N–H and O–H groups in total. The zero-order valence-electron chi connectivity index (χ0n) is 33.0. The van der Waals surface area contributed by atoms with Gasteiger partial charge < -0.3 is 10.1 Å². The molecule has 2 saturated carbocycles. The van der Waals surface area contributed by atoms with Crippen LogP contribution >= 0.6 is 0 Å². The van der Waals surface area contributed by atoms with Gasteiger partial charge >= 0.3 is 4.38 Å². The zero-order chi connectivity index (χ0) is 40.5. The van der Waals surface area contributed by atoms with Gasteiger partial charge in [0.1, 0.15) is 0 Å². The van der Waals surface area contributed by atoms with Crippen molar-refractivity contribution >= 4 is 45.1 Å². The molecule has 0 aliphatic heterocycles. The Morgan fingerprint density at radius 3 is 1.44 bits per heavy atom. The van der Waals surface area contributed by atoms with Crippen molar-refractivity contribution in [2.45, 2.75) is 156 Å². The Kier molecular flexibility index (Phi) is 19.3. The first-order valence-electron chi connectivity index (χ1n) is 19.7. The second-order valence-electron chi connectivity index (χ2n) is 14.7. The van der Waals surface area contributed by atoms with E-state index in [-0.39, 0.29) is 16.6 Å². The third kappa shape index (κ3) is 14.6. The van der Waals surface area contributed by atoms with Crippen LogP contribution in [-0.2, 0) is 40.7 Å². The first kappa shape index (κ1) is 46.6. The predicted octanol–water partition coefficient (Wildman–Crippen LogP) is 9.67. The number of hydrogen-bond donors (Lipinski definition) is 0. The van der Waals surface area contributed by atoms with Crippen molar-refractivity contribution in [2.75, 3.05) is 5.75 Å². The van der Waals surface area contributed by atoms with Crippen molar-refractivity contribution < 1.29 is 34.6 Å². The number of rotatable bonds is 12. The van der Waals surface area contributed by atoms with Crippen molar-refractivity contribution in [3.8, 4) is 0 Å². The normalized spacial score (nSPS) is 15.6. The van der Waals surface area contributed by atoms with Crippen LogP contribution in [0, 0.1) is 20.8 Å². The molecule has 304 valence electrons. The lowest BCUT2D eigenvalue weighted by atomic mass is 10.0. The third-order valence-corrected chi connectivity index (χ3v) is 18.6. The molecule has 0 bridgehead atoms. The SMILES string of the molecule is CCCCCCCCS(=O)(=O)[O-].Cc1cc(C)c([S+](c2ccccc2)c2ccccc2)c(C)c1.[N-]=[N+]=C(S(=O)(=O)C1CCCCC1)S(=O)(=O)C1CCCCC1. The minimum Gasteiger partial charge on any atom is -0.748 e. The van der Waals surface area contributed by atoms with Gasteiger partial charge in [-0.15, -0.1) is 4.79 Å². The van der Waals surface area contributed by atoms with Crippen LogP contribution in [0.2, 0.25) is 0 Å². The summed E-state index contributed by atoms with van der Waals surface area (Å²) in [5.41, 5.74) is 13.2. The second-order valence-corrected chi connectivity index (χ2v) is 22.7. The second kappa shape index (κ2) is 22.8. The number of benzene rings is 3. The molecule has 3 aromatic carbocycles. The van der Waals surface area contributed by atoms with Crippen molar-refractivity contribution in [3.05, 3.63) is 95.0 Å². The average Bonchev–Trinajstić information content (AvgIpc) is 3.16. The van der Waals surface area contributed by atoms with E-state index >= 15 is 0 Å². The molecule has 55 heavy (non-hydrogen) atoms. The van der Waals surface area contributed by atoms with Crippen LogP contribution in [0.1, 0.15) is 126 Å². The van der Waals surface area contributed by atoms with Gasteiger partial charge in [0.2, 0.25) is 0 Å². The van der Waals surface area contributed by atoms with E-state index in [2.05, 4.69) is 105 Å². The van der Waals surface area contributed by atoms with Gasteiger partial charge in [0.15, 0.2) is 14.7 Å². The molecular weight excluding hydrogens is 773 g/mol. The average molecular weight is 833 g/mol. The van der Waals surface area contributed by atoms with E-state index in [9.17, 15) is 29.8 Å². The first-order valence-corrected chi connectivity index (χ1v) is 25.6. The van der Waals surface area contributed by atoms with E-state index in [4.69, 9.17) is 5.53 Å². The molecule has 0 saturated heterocycles. The van der Waals surface area contributed by atoms with Gasteiger partial charge in [-0.05, 0) is 77.1 Å². The molecule has 0 heterocycles. The summed E-state index contributed by atoms with van der Waals surface area (Å²) in [5, 5.41) is -1.45. The summed E-state index contributed by atoms with van der Waals surface area (Å²) in [6, 6.07) is 26.3.